The molecule has 0 aromatic heterocycles. The van der Waals surface area contributed by atoms with Crippen LogP contribution in [0.25, 0.3) is 0 Å². The molecule has 0 N–H and O–H groups in total. The Kier molecular flexibility index (Phi) is 6.62. The zero-order chi connectivity index (χ0) is 18.3. The lowest BCUT2D eigenvalue weighted by atomic mass is 9.86. The minimum Gasteiger partial charge on any atom is -0.343 e. The Balaban J connectivity index is 2.46. The molecule has 0 spiro atoms. The predicted octanol–water partition coefficient (Wildman–Crippen LogP) is 4.16. The van der Waals surface area contributed by atoms with E-state index in [1.807, 2.05) is 12.1 Å². The van der Waals surface area contributed by atoms with Crippen molar-refractivity contribution in [2.75, 3.05) is 13.2 Å². The summed E-state index contributed by atoms with van der Waals surface area (Å²) in [5, 5.41) is 0. The molecule has 132 valence electrons. The lowest BCUT2D eigenvalue weighted by Crippen LogP contribution is -2.52. The molecule has 0 aliphatic heterocycles. The second-order valence-electron chi connectivity index (χ2n) is 5.68. The third-order valence-electron chi connectivity index (χ3n) is 4.09. The molecule has 4 heteroatoms. The molecule has 0 aliphatic rings. The van der Waals surface area contributed by atoms with Gasteiger partial charge in [-0.1, -0.05) is 60.7 Å². The monoisotopic (exact) mass is 340 g/mol. The first-order valence-electron chi connectivity index (χ1n) is 8.53. The number of hydrogen-bond donors (Lipinski definition) is 0. The fourth-order valence-electron chi connectivity index (χ4n) is 2.86. The first-order chi connectivity index (χ1) is 12.1. The van der Waals surface area contributed by atoms with E-state index in [2.05, 4.69) is 0 Å². The maximum absolute atomic E-state index is 13.2. The van der Waals surface area contributed by atoms with Crippen LogP contribution in [0.2, 0.25) is 0 Å². The molecular weight excluding hydrogens is 316 g/mol. The van der Waals surface area contributed by atoms with Crippen molar-refractivity contribution in [2.24, 2.45) is 5.92 Å². The quantitative estimate of drug-likeness (QED) is 0.508. The molecule has 0 amide bonds. The summed E-state index contributed by atoms with van der Waals surface area (Å²) >= 11 is 0. The summed E-state index contributed by atoms with van der Waals surface area (Å²) in [4.78, 5) is 26.2. The molecule has 2 aromatic carbocycles. The van der Waals surface area contributed by atoms with Crippen LogP contribution in [0.4, 0.5) is 0 Å². The highest BCUT2D eigenvalue weighted by molar-refractivity contribution is 6.07. The number of carbonyl (C=O) groups is 2. The Morgan fingerprint density at radius 2 is 1.28 bits per heavy atom. The van der Waals surface area contributed by atoms with Crippen LogP contribution in [0.3, 0.4) is 0 Å². The van der Waals surface area contributed by atoms with Crippen molar-refractivity contribution < 1.29 is 19.1 Å². The number of Topliss-reactive ketones (excluding diaryl/α,β-unsaturated/α-hetero) is 2. The third-order valence-corrected chi connectivity index (χ3v) is 4.09. The minimum absolute atomic E-state index is 0.188. The maximum atomic E-state index is 13.2. The van der Waals surface area contributed by atoms with Crippen LogP contribution in [0, 0.1) is 5.92 Å². The van der Waals surface area contributed by atoms with Gasteiger partial charge >= 0.3 is 0 Å². The highest BCUT2D eigenvalue weighted by atomic mass is 16.7. The number of ketones is 2. The van der Waals surface area contributed by atoms with Gasteiger partial charge in [-0.05, 0) is 20.8 Å². The minimum atomic E-state index is -1.64. The van der Waals surface area contributed by atoms with Gasteiger partial charge in [-0.3, -0.25) is 9.59 Å². The van der Waals surface area contributed by atoms with Crippen molar-refractivity contribution in [3.63, 3.8) is 0 Å². The molecule has 0 bridgehead atoms. The van der Waals surface area contributed by atoms with Crippen LogP contribution >= 0.6 is 0 Å². The fraction of sp³-hybridized carbons (Fsp3) is 0.333. The van der Waals surface area contributed by atoms with Gasteiger partial charge in [-0.15, -0.1) is 0 Å². The lowest BCUT2D eigenvalue weighted by molar-refractivity contribution is -0.214. The average molecular weight is 340 g/mol. The van der Waals surface area contributed by atoms with E-state index in [0.29, 0.717) is 11.1 Å². The molecule has 0 fully saturated rings. The number of benzene rings is 2. The van der Waals surface area contributed by atoms with Crippen molar-refractivity contribution in [3.05, 3.63) is 71.8 Å². The summed E-state index contributed by atoms with van der Waals surface area (Å²) in [5.41, 5.74) is 0.983. The van der Waals surface area contributed by atoms with Gasteiger partial charge in [0.25, 0.3) is 0 Å². The van der Waals surface area contributed by atoms with E-state index in [-0.39, 0.29) is 24.8 Å². The van der Waals surface area contributed by atoms with Crippen molar-refractivity contribution in [2.45, 2.75) is 26.6 Å². The smallest absolute Gasteiger partial charge is 0.243 e. The zero-order valence-electron chi connectivity index (χ0n) is 14.9. The first-order valence-corrected chi connectivity index (χ1v) is 8.53. The molecule has 1 atom stereocenters. The maximum Gasteiger partial charge on any atom is 0.243 e. The Morgan fingerprint density at radius 1 is 0.840 bits per heavy atom. The van der Waals surface area contributed by atoms with Crippen LogP contribution in [-0.4, -0.2) is 30.6 Å². The summed E-state index contributed by atoms with van der Waals surface area (Å²) in [6, 6.07) is 17.7. The summed E-state index contributed by atoms with van der Waals surface area (Å²) in [7, 11) is 0. The van der Waals surface area contributed by atoms with Crippen LogP contribution in [0.1, 0.15) is 41.5 Å². The van der Waals surface area contributed by atoms with Gasteiger partial charge in [0.05, 0.1) is 5.92 Å². The van der Waals surface area contributed by atoms with E-state index in [4.69, 9.17) is 9.47 Å². The first kappa shape index (κ1) is 19.0. The number of rotatable bonds is 9. The van der Waals surface area contributed by atoms with E-state index in [1.54, 1.807) is 69.3 Å². The topological polar surface area (TPSA) is 52.6 Å². The van der Waals surface area contributed by atoms with Gasteiger partial charge < -0.3 is 9.47 Å². The van der Waals surface area contributed by atoms with Gasteiger partial charge in [0, 0.05) is 24.3 Å². The molecule has 2 rings (SSSR count). The average Bonchev–Trinajstić information content (AvgIpc) is 2.67. The fourth-order valence-corrected chi connectivity index (χ4v) is 2.86. The molecule has 2 aromatic rings. The second-order valence-corrected chi connectivity index (χ2v) is 5.68. The molecule has 1 unspecified atom stereocenters. The molecule has 0 saturated carbocycles. The Bertz CT molecular complexity index is 688. The summed E-state index contributed by atoms with van der Waals surface area (Å²) < 4.78 is 11.6. The predicted molar refractivity (Wildman–Crippen MR) is 96.7 cm³/mol. The molecule has 0 saturated heterocycles. The molecule has 0 radical (unpaired) electrons. The van der Waals surface area contributed by atoms with E-state index in [9.17, 15) is 9.59 Å². The van der Waals surface area contributed by atoms with Crippen LogP contribution < -0.4 is 0 Å². The Labute approximate surface area is 148 Å². The third kappa shape index (κ3) is 4.03. The van der Waals surface area contributed by atoms with Crippen LogP contribution in [0.15, 0.2) is 60.7 Å². The van der Waals surface area contributed by atoms with E-state index in [1.165, 1.54) is 0 Å². The van der Waals surface area contributed by atoms with E-state index >= 15 is 0 Å². The second kappa shape index (κ2) is 8.70. The summed E-state index contributed by atoms with van der Waals surface area (Å²) in [6.07, 6.45) is 0. The van der Waals surface area contributed by atoms with E-state index < -0.39 is 11.7 Å². The zero-order valence-corrected chi connectivity index (χ0v) is 14.9. The van der Waals surface area contributed by atoms with Gasteiger partial charge in [-0.2, -0.15) is 0 Å². The van der Waals surface area contributed by atoms with Gasteiger partial charge in [0.2, 0.25) is 11.6 Å². The van der Waals surface area contributed by atoms with Gasteiger partial charge in [-0.25, -0.2) is 0 Å². The number of hydrogen-bond acceptors (Lipinski definition) is 4. The highest BCUT2D eigenvalue weighted by Gasteiger charge is 2.49. The van der Waals surface area contributed by atoms with Gasteiger partial charge in [0.1, 0.15) is 0 Å². The number of ether oxygens (including phenoxy) is 2. The van der Waals surface area contributed by atoms with Crippen LogP contribution in [-0.2, 0) is 9.47 Å². The molecule has 4 nitrogen and oxygen atoms in total. The van der Waals surface area contributed by atoms with Crippen molar-refractivity contribution in [1.29, 1.82) is 0 Å². The lowest BCUT2D eigenvalue weighted by Gasteiger charge is -2.36. The normalized spacial score (nSPS) is 12.6. The molecule has 0 aliphatic carbocycles. The SMILES string of the molecule is CCOC(OCC)(C(=O)c1ccccc1)C(C)C(=O)c1ccccc1. The van der Waals surface area contributed by atoms with Crippen LogP contribution in [0.5, 0.6) is 0 Å². The summed E-state index contributed by atoms with van der Waals surface area (Å²) in [5.74, 6) is -2.96. The Hall–Kier alpha value is -2.30. The molecule has 0 heterocycles. The van der Waals surface area contributed by atoms with Crippen molar-refractivity contribution in [1.82, 2.24) is 0 Å². The largest absolute Gasteiger partial charge is 0.343 e. The standard InChI is InChI=1S/C21H24O4/c1-4-24-21(25-5-2,20(23)18-14-10-7-11-15-18)16(3)19(22)17-12-8-6-9-13-17/h6-16H,4-5H2,1-3H3. The van der Waals surface area contributed by atoms with Gasteiger partial charge in [0.15, 0.2) is 5.78 Å². The molecular formula is C21H24O4. The molecule has 25 heavy (non-hydrogen) atoms. The van der Waals surface area contributed by atoms with E-state index in [0.717, 1.165) is 0 Å². The van der Waals surface area contributed by atoms with Crippen molar-refractivity contribution in [3.8, 4) is 0 Å². The summed E-state index contributed by atoms with van der Waals surface area (Å²) in [6.45, 7) is 5.76. The number of carbonyl (C=O) groups excluding carboxylic acids is 2. The Morgan fingerprint density at radius 3 is 1.72 bits per heavy atom. The van der Waals surface area contributed by atoms with Crippen molar-refractivity contribution >= 4 is 11.6 Å². The highest BCUT2D eigenvalue weighted by Crippen LogP contribution is 2.31.